The van der Waals surface area contributed by atoms with Gasteiger partial charge in [-0.15, -0.1) is 14.8 Å². The number of benzene rings is 1. The summed E-state index contributed by atoms with van der Waals surface area (Å²) in [6.07, 6.45) is 1.83. The molecular weight excluding hydrogens is 338 g/mol. The molecule has 0 amide bonds. The molecule has 1 atom stereocenters. The van der Waals surface area contributed by atoms with E-state index in [-0.39, 0.29) is 6.10 Å². The Bertz CT molecular complexity index is 1040. The van der Waals surface area contributed by atoms with Gasteiger partial charge < -0.3 is 14.0 Å². The summed E-state index contributed by atoms with van der Waals surface area (Å²) < 4.78 is 17.9. The summed E-state index contributed by atoms with van der Waals surface area (Å²) in [6.45, 7) is 0.735. The molecule has 0 aliphatic carbocycles. The van der Waals surface area contributed by atoms with E-state index < -0.39 is 0 Å². The largest absolute Gasteiger partial charge is 0.438 e. The molecule has 130 valence electrons. The SMILES string of the molecule is c1cc(-c2noc(C3CCCO3)n2)ccc1Oc1ccc2nnnn2n1. The summed E-state index contributed by atoms with van der Waals surface area (Å²) in [5.41, 5.74) is 1.38. The molecule has 1 aromatic carbocycles. The highest BCUT2D eigenvalue weighted by molar-refractivity contribution is 5.55. The molecule has 1 unspecified atom stereocenters. The number of aromatic nitrogens is 7. The Morgan fingerprint density at radius 1 is 1.12 bits per heavy atom. The zero-order chi connectivity index (χ0) is 17.3. The molecule has 10 nitrogen and oxygen atoms in total. The predicted octanol–water partition coefficient (Wildman–Crippen LogP) is 2.21. The zero-order valence-electron chi connectivity index (χ0n) is 13.5. The third kappa shape index (κ3) is 2.75. The van der Waals surface area contributed by atoms with Gasteiger partial charge in [-0.2, -0.15) is 4.98 Å². The summed E-state index contributed by atoms with van der Waals surface area (Å²) in [5, 5.41) is 19.3. The second-order valence-corrected chi connectivity index (χ2v) is 5.78. The van der Waals surface area contributed by atoms with Gasteiger partial charge in [0.25, 0.3) is 5.89 Å². The van der Waals surface area contributed by atoms with Crippen molar-refractivity contribution in [1.82, 2.24) is 35.4 Å². The van der Waals surface area contributed by atoms with Crippen LogP contribution in [0.4, 0.5) is 0 Å². The first-order valence-corrected chi connectivity index (χ1v) is 8.14. The average molecular weight is 351 g/mol. The fourth-order valence-corrected chi connectivity index (χ4v) is 2.74. The van der Waals surface area contributed by atoms with E-state index >= 15 is 0 Å². The van der Waals surface area contributed by atoms with Crippen molar-refractivity contribution in [2.75, 3.05) is 6.61 Å². The number of hydrogen-bond acceptors (Lipinski definition) is 9. The summed E-state index contributed by atoms with van der Waals surface area (Å²) in [7, 11) is 0. The first-order valence-electron chi connectivity index (χ1n) is 8.14. The highest BCUT2D eigenvalue weighted by atomic mass is 16.5. The Balaban J connectivity index is 1.33. The molecule has 4 heterocycles. The van der Waals surface area contributed by atoms with Crippen LogP contribution < -0.4 is 4.74 Å². The van der Waals surface area contributed by atoms with Crippen LogP contribution in [0.25, 0.3) is 17.0 Å². The van der Waals surface area contributed by atoms with E-state index in [1.54, 1.807) is 12.1 Å². The van der Waals surface area contributed by atoms with Gasteiger partial charge in [-0.05, 0) is 53.6 Å². The third-order valence-electron chi connectivity index (χ3n) is 4.03. The minimum Gasteiger partial charge on any atom is -0.438 e. The van der Waals surface area contributed by atoms with Gasteiger partial charge in [0, 0.05) is 18.2 Å². The number of hydrogen-bond donors (Lipinski definition) is 0. The minimum atomic E-state index is -0.0916. The maximum absolute atomic E-state index is 5.72. The van der Waals surface area contributed by atoms with Crippen molar-refractivity contribution in [2.45, 2.75) is 18.9 Å². The van der Waals surface area contributed by atoms with Gasteiger partial charge in [-0.3, -0.25) is 0 Å². The highest BCUT2D eigenvalue weighted by Gasteiger charge is 2.24. The molecule has 0 radical (unpaired) electrons. The third-order valence-corrected chi connectivity index (χ3v) is 4.03. The van der Waals surface area contributed by atoms with Crippen LogP contribution in [0.15, 0.2) is 40.9 Å². The molecule has 1 aliphatic heterocycles. The van der Waals surface area contributed by atoms with Gasteiger partial charge in [0.15, 0.2) is 5.65 Å². The van der Waals surface area contributed by atoms with Crippen molar-refractivity contribution >= 4 is 5.65 Å². The number of rotatable bonds is 4. The lowest BCUT2D eigenvalue weighted by molar-refractivity contribution is 0.0835. The molecular formula is C16H13N7O3. The fraction of sp³-hybridized carbons (Fsp3) is 0.250. The van der Waals surface area contributed by atoms with E-state index in [2.05, 4.69) is 30.8 Å². The molecule has 3 aromatic heterocycles. The Kier molecular flexibility index (Phi) is 3.53. The number of fused-ring (bicyclic) bond motifs is 1. The van der Waals surface area contributed by atoms with E-state index in [0.717, 1.165) is 25.0 Å². The van der Waals surface area contributed by atoms with Crippen molar-refractivity contribution in [2.24, 2.45) is 0 Å². The summed E-state index contributed by atoms with van der Waals surface area (Å²) in [6, 6.07) is 10.8. The molecule has 0 N–H and O–H groups in total. The summed E-state index contributed by atoms with van der Waals surface area (Å²) >= 11 is 0. The summed E-state index contributed by atoms with van der Waals surface area (Å²) in [4.78, 5) is 4.42. The normalized spacial score (nSPS) is 17.0. The molecule has 10 heteroatoms. The van der Waals surface area contributed by atoms with Crippen LogP contribution >= 0.6 is 0 Å². The molecule has 26 heavy (non-hydrogen) atoms. The van der Waals surface area contributed by atoms with E-state index in [1.165, 1.54) is 4.63 Å². The van der Waals surface area contributed by atoms with Crippen LogP contribution in [-0.4, -0.2) is 42.0 Å². The molecule has 5 rings (SSSR count). The van der Waals surface area contributed by atoms with Crippen molar-refractivity contribution < 1.29 is 14.0 Å². The standard InChI is InChI=1S/C16H13N7O3/c1-2-12(24-9-1)16-17-15(20-26-16)10-3-5-11(6-4-10)25-14-8-7-13-18-21-22-23(13)19-14/h3-8,12H,1-2,9H2. The van der Waals surface area contributed by atoms with Crippen LogP contribution in [0.3, 0.4) is 0 Å². The zero-order valence-corrected chi connectivity index (χ0v) is 13.5. The smallest absolute Gasteiger partial charge is 0.256 e. The van der Waals surface area contributed by atoms with Crippen LogP contribution in [0.1, 0.15) is 24.8 Å². The van der Waals surface area contributed by atoms with Gasteiger partial charge in [0.2, 0.25) is 11.7 Å². The van der Waals surface area contributed by atoms with Gasteiger partial charge >= 0.3 is 0 Å². The van der Waals surface area contributed by atoms with E-state index in [9.17, 15) is 0 Å². The Morgan fingerprint density at radius 3 is 2.88 bits per heavy atom. The lowest BCUT2D eigenvalue weighted by Crippen LogP contribution is -1.97. The van der Waals surface area contributed by atoms with Crippen molar-refractivity contribution in [3.63, 3.8) is 0 Å². The molecule has 0 spiro atoms. The number of nitrogens with zero attached hydrogens (tertiary/aromatic N) is 7. The van der Waals surface area contributed by atoms with Gasteiger partial charge in [0.05, 0.1) is 0 Å². The van der Waals surface area contributed by atoms with Crippen LogP contribution in [-0.2, 0) is 4.74 Å². The predicted molar refractivity (Wildman–Crippen MR) is 86.3 cm³/mol. The second kappa shape index (κ2) is 6.15. The quantitative estimate of drug-likeness (QED) is 0.546. The fourth-order valence-electron chi connectivity index (χ4n) is 2.74. The number of tetrazole rings is 1. The first kappa shape index (κ1) is 14.9. The number of ether oxygens (including phenoxy) is 2. The Morgan fingerprint density at radius 2 is 2.04 bits per heavy atom. The van der Waals surface area contributed by atoms with E-state index in [4.69, 9.17) is 14.0 Å². The topological polar surface area (TPSA) is 113 Å². The average Bonchev–Trinajstić information content (AvgIpc) is 3.42. The van der Waals surface area contributed by atoms with Gasteiger partial charge in [0.1, 0.15) is 11.9 Å². The first-order chi connectivity index (χ1) is 12.8. The Labute approximate surface area is 146 Å². The molecule has 4 aromatic rings. The van der Waals surface area contributed by atoms with Gasteiger partial charge in [-0.25, -0.2) is 0 Å². The van der Waals surface area contributed by atoms with Crippen LogP contribution in [0.2, 0.25) is 0 Å². The monoisotopic (exact) mass is 351 g/mol. The lowest BCUT2D eigenvalue weighted by Gasteiger charge is -2.04. The Hall–Kier alpha value is -3.40. The van der Waals surface area contributed by atoms with Crippen molar-refractivity contribution in [1.29, 1.82) is 0 Å². The van der Waals surface area contributed by atoms with Crippen molar-refractivity contribution in [3.05, 3.63) is 42.3 Å². The summed E-state index contributed by atoms with van der Waals surface area (Å²) in [5.74, 6) is 2.06. The second-order valence-electron chi connectivity index (χ2n) is 5.78. The van der Waals surface area contributed by atoms with E-state index in [1.807, 2.05) is 24.3 Å². The van der Waals surface area contributed by atoms with Crippen LogP contribution in [0.5, 0.6) is 11.6 Å². The maximum atomic E-state index is 5.72. The molecule has 1 aliphatic rings. The van der Waals surface area contributed by atoms with E-state index in [0.29, 0.717) is 29.0 Å². The lowest BCUT2D eigenvalue weighted by atomic mass is 10.2. The minimum absolute atomic E-state index is 0.0916. The molecule has 0 saturated carbocycles. The van der Waals surface area contributed by atoms with Crippen molar-refractivity contribution in [3.8, 4) is 23.0 Å². The highest BCUT2D eigenvalue weighted by Crippen LogP contribution is 2.29. The molecule has 1 fully saturated rings. The van der Waals surface area contributed by atoms with Crippen LogP contribution in [0, 0.1) is 0 Å². The maximum Gasteiger partial charge on any atom is 0.256 e. The van der Waals surface area contributed by atoms with Gasteiger partial charge in [-0.1, -0.05) is 5.16 Å². The molecule has 0 bridgehead atoms. The molecule has 1 saturated heterocycles.